The van der Waals surface area contributed by atoms with Crippen LogP contribution in [0.5, 0.6) is 5.75 Å². The van der Waals surface area contributed by atoms with Crippen molar-refractivity contribution in [2.24, 2.45) is 0 Å². The van der Waals surface area contributed by atoms with Gasteiger partial charge in [-0.2, -0.15) is 0 Å². The van der Waals surface area contributed by atoms with Gasteiger partial charge in [-0.3, -0.25) is 9.59 Å². The summed E-state index contributed by atoms with van der Waals surface area (Å²) in [4.78, 5) is 37.0. The van der Waals surface area contributed by atoms with E-state index in [1.807, 2.05) is 0 Å². The highest BCUT2D eigenvalue weighted by molar-refractivity contribution is 6.33. The molecule has 160 valence electrons. The first-order chi connectivity index (χ1) is 14.0. The molecule has 0 fully saturated rings. The van der Waals surface area contributed by atoms with E-state index in [9.17, 15) is 27.6 Å². The van der Waals surface area contributed by atoms with E-state index in [2.05, 4.69) is 10.1 Å². The van der Waals surface area contributed by atoms with Crippen LogP contribution in [0.25, 0.3) is 0 Å². The van der Waals surface area contributed by atoms with Crippen molar-refractivity contribution in [3.8, 4) is 5.75 Å². The van der Waals surface area contributed by atoms with Crippen molar-refractivity contribution in [1.82, 2.24) is 4.90 Å². The number of hydrogen-bond acceptors (Lipinski definition) is 5. The predicted molar refractivity (Wildman–Crippen MR) is 101 cm³/mol. The largest absolute Gasteiger partial charge is 0.573 e. The summed E-state index contributed by atoms with van der Waals surface area (Å²) in [6, 6.07) is 10.6. The normalized spacial score (nSPS) is 10.8. The van der Waals surface area contributed by atoms with E-state index < -0.39 is 36.5 Å². The molecule has 0 bridgehead atoms. The van der Waals surface area contributed by atoms with Gasteiger partial charge in [-0.05, 0) is 36.4 Å². The lowest BCUT2D eigenvalue weighted by Crippen LogP contribution is -2.37. The number of rotatable bonds is 7. The molecule has 0 unspecified atom stereocenters. The van der Waals surface area contributed by atoms with Gasteiger partial charge in [-0.1, -0.05) is 23.7 Å². The minimum atomic E-state index is -4.85. The van der Waals surface area contributed by atoms with Crippen molar-refractivity contribution < 1.29 is 37.0 Å². The number of halogens is 4. The van der Waals surface area contributed by atoms with Crippen molar-refractivity contribution in [3.63, 3.8) is 0 Å². The Morgan fingerprint density at radius 3 is 2.30 bits per heavy atom. The Morgan fingerprint density at radius 2 is 1.70 bits per heavy atom. The topological polar surface area (TPSA) is 84.9 Å². The molecule has 0 spiro atoms. The maximum absolute atomic E-state index is 12.1. The van der Waals surface area contributed by atoms with Gasteiger partial charge in [-0.15, -0.1) is 13.2 Å². The lowest BCUT2D eigenvalue weighted by Gasteiger charge is -2.17. The number of esters is 1. The Bertz CT molecular complexity index is 919. The number of hydrogen-bond donors (Lipinski definition) is 1. The number of benzene rings is 2. The number of alkyl halides is 3. The van der Waals surface area contributed by atoms with E-state index in [0.717, 1.165) is 29.2 Å². The number of ether oxygens (including phenoxy) is 2. The highest BCUT2D eigenvalue weighted by Crippen LogP contribution is 2.23. The van der Waals surface area contributed by atoms with Gasteiger partial charge in [0.05, 0.1) is 22.8 Å². The smallest absolute Gasteiger partial charge is 0.452 e. The van der Waals surface area contributed by atoms with Crippen LogP contribution in [0.2, 0.25) is 5.02 Å². The minimum absolute atomic E-state index is 0.0727. The van der Waals surface area contributed by atoms with Crippen LogP contribution in [0.15, 0.2) is 48.5 Å². The maximum Gasteiger partial charge on any atom is 0.573 e. The number of nitrogens with zero attached hydrogens (tertiary/aromatic N) is 1. The van der Waals surface area contributed by atoms with Gasteiger partial charge < -0.3 is 19.7 Å². The van der Waals surface area contributed by atoms with E-state index in [1.165, 1.54) is 7.05 Å². The van der Waals surface area contributed by atoms with Gasteiger partial charge in [0.2, 0.25) is 5.91 Å². The highest BCUT2D eigenvalue weighted by Gasteiger charge is 2.31. The molecule has 30 heavy (non-hydrogen) atoms. The van der Waals surface area contributed by atoms with Crippen LogP contribution in [-0.2, 0) is 14.3 Å². The molecular weight excluding hydrogens is 429 g/mol. The summed E-state index contributed by atoms with van der Waals surface area (Å²) >= 11 is 5.94. The number of nitrogens with one attached hydrogen (secondary N) is 1. The molecule has 0 atom stereocenters. The van der Waals surface area contributed by atoms with Crippen LogP contribution < -0.4 is 10.1 Å². The van der Waals surface area contributed by atoms with Gasteiger partial charge >= 0.3 is 12.3 Å². The molecule has 0 saturated heterocycles. The molecule has 7 nitrogen and oxygen atoms in total. The second-order valence-electron chi connectivity index (χ2n) is 5.93. The summed E-state index contributed by atoms with van der Waals surface area (Å²) in [7, 11) is 1.34. The molecule has 11 heteroatoms. The Labute approximate surface area is 174 Å². The van der Waals surface area contributed by atoms with Crippen molar-refractivity contribution in [3.05, 3.63) is 59.1 Å². The molecule has 1 N–H and O–H groups in total. The fourth-order valence-electron chi connectivity index (χ4n) is 2.17. The Kier molecular flexibility index (Phi) is 7.65. The zero-order chi connectivity index (χ0) is 22.3. The van der Waals surface area contributed by atoms with Crippen molar-refractivity contribution in [2.45, 2.75) is 6.36 Å². The third-order valence-corrected chi connectivity index (χ3v) is 3.93. The molecule has 0 saturated carbocycles. The number of carbonyl (C=O) groups is 3. The molecule has 0 aromatic heterocycles. The zero-order valence-electron chi connectivity index (χ0n) is 15.5. The average Bonchev–Trinajstić information content (AvgIpc) is 2.66. The SMILES string of the molecule is CN(CC(=O)Nc1ccccc1Cl)C(=O)COC(=O)c1ccc(OC(F)(F)F)cc1. The maximum atomic E-state index is 12.1. The summed E-state index contributed by atoms with van der Waals surface area (Å²) in [6.07, 6.45) is -4.85. The van der Waals surface area contributed by atoms with Crippen LogP contribution in [0, 0.1) is 0 Å². The van der Waals surface area contributed by atoms with Gasteiger partial charge in [0.1, 0.15) is 5.75 Å². The Morgan fingerprint density at radius 1 is 1.07 bits per heavy atom. The van der Waals surface area contributed by atoms with Crippen molar-refractivity contribution in [2.75, 3.05) is 25.5 Å². The first-order valence-electron chi connectivity index (χ1n) is 8.36. The molecule has 2 aromatic rings. The minimum Gasteiger partial charge on any atom is -0.452 e. The van der Waals surface area contributed by atoms with Gasteiger partial charge in [0.15, 0.2) is 6.61 Å². The van der Waals surface area contributed by atoms with Gasteiger partial charge in [-0.25, -0.2) is 4.79 Å². The molecule has 0 aliphatic heterocycles. The third kappa shape index (κ3) is 7.28. The third-order valence-electron chi connectivity index (χ3n) is 3.60. The standard InChI is InChI=1S/C19H16ClF3N2O5/c1-25(10-16(26)24-15-5-3-2-4-14(15)20)17(27)11-29-18(28)12-6-8-13(9-7-12)30-19(21,22)23/h2-9H,10-11H2,1H3,(H,24,26). The first kappa shape index (κ1) is 23.0. The number of para-hydroxylation sites is 1. The Hall–Kier alpha value is -3.27. The molecular formula is C19H16ClF3N2O5. The van der Waals surface area contributed by atoms with Gasteiger partial charge in [0.25, 0.3) is 5.91 Å². The predicted octanol–water partition coefficient (Wildman–Crippen LogP) is 3.49. The highest BCUT2D eigenvalue weighted by atomic mass is 35.5. The quantitative estimate of drug-likeness (QED) is 0.661. The van der Waals surface area contributed by atoms with Crippen LogP contribution >= 0.6 is 11.6 Å². The molecule has 2 aromatic carbocycles. The molecule has 0 radical (unpaired) electrons. The number of anilines is 1. The van der Waals surface area contributed by atoms with E-state index in [1.54, 1.807) is 24.3 Å². The lowest BCUT2D eigenvalue weighted by atomic mass is 10.2. The van der Waals surface area contributed by atoms with E-state index in [-0.39, 0.29) is 12.1 Å². The van der Waals surface area contributed by atoms with Crippen LogP contribution in [0.1, 0.15) is 10.4 Å². The summed E-state index contributed by atoms with van der Waals surface area (Å²) in [5.41, 5.74) is 0.311. The summed E-state index contributed by atoms with van der Waals surface area (Å²) in [5.74, 6) is -2.59. The summed E-state index contributed by atoms with van der Waals surface area (Å²) < 4.78 is 44.9. The van der Waals surface area contributed by atoms with E-state index >= 15 is 0 Å². The fourth-order valence-corrected chi connectivity index (χ4v) is 2.35. The summed E-state index contributed by atoms with van der Waals surface area (Å²) in [6.45, 7) is -0.972. The summed E-state index contributed by atoms with van der Waals surface area (Å²) in [5, 5.41) is 2.88. The monoisotopic (exact) mass is 444 g/mol. The van der Waals surface area contributed by atoms with E-state index in [4.69, 9.17) is 16.3 Å². The second-order valence-corrected chi connectivity index (χ2v) is 6.33. The average molecular weight is 445 g/mol. The molecule has 2 rings (SSSR count). The Balaban J connectivity index is 1.82. The number of carbonyl (C=O) groups excluding carboxylic acids is 3. The second kappa shape index (κ2) is 9.97. The number of likely N-dealkylation sites (N-methyl/N-ethyl adjacent to an activating group) is 1. The molecule has 2 amide bonds. The van der Waals surface area contributed by atoms with E-state index in [0.29, 0.717) is 10.7 Å². The zero-order valence-corrected chi connectivity index (χ0v) is 16.3. The van der Waals surface area contributed by atoms with Crippen LogP contribution in [0.4, 0.5) is 18.9 Å². The molecule has 0 heterocycles. The lowest BCUT2D eigenvalue weighted by molar-refractivity contribution is -0.274. The van der Waals surface area contributed by atoms with Crippen LogP contribution in [-0.4, -0.2) is 49.2 Å². The molecule has 0 aliphatic rings. The fraction of sp³-hybridized carbons (Fsp3) is 0.211. The number of amides is 2. The van der Waals surface area contributed by atoms with Crippen molar-refractivity contribution in [1.29, 1.82) is 0 Å². The van der Waals surface area contributed by atoms with Crippen LogP contribution in [0.3, 0.4) is 0 Å². The first-order valence-corrected chi connectivity index (χ1v) is 8.74. The van der Waals surface area contributed by atoms with Gasteiger partial charge in [0, 0.05) is 7.05 Å². The van der Waals surface area contributed by atoms with Crippen molar-refractivity contribution >= 4 is 35.1 Å². The molecule has 0 aliphatic carbocycles.